The first-order chi connectivity index (χ1) is 9.78. The SMILES string of the molecule is COC(=O)Cc1csc(NCCOC2CCCCC2)n1. The molecule has 20 heavy (non-hydrogen) atoms. The molecule has 0 aliphatic heterocycles. The number of nitrogens with zero attached hydrogens (tertiary/aromatic N) is 1. The zero-order chi connectivity index (χ0) is 14.2. The van der Waals surface area contributed by atoms with Crippen LogP contribution in [0.25, 0.3) is 0 Å². The van der Waals surface area contributed by atoms with Crippen LogP contribution in [0.5, 0.6) is 0 Å². The number of nitrogens with one attached hydrogen (secondary N) is 1. The molecular formula is C14H22N2O3S. The Morgan fingerprint density at radius 2 is 2.25 bits per heavy atom. The number of rotatable bonds is 7. The highest BCUT2D eigenvalue weighted by molar-refractivity contribution is 7.13. The number of hydrogen-bond donors (Lipinski definition) is 1. The van der Waals surface area contributed by atoms with Gasteiger partial charge >= 0.3 is 5.97 Å². The fraction of sp³-hybridized carbons (Fsp3) is 0.714. The monoisotopic (exact) mass is 298 g/mol. The van der Waals surface area contributed by atoms with Crippen LogP contribution in [0, 0.1) is 0 Å². The summed E-state index contributed by atoms with van der Waals surface area (Å²) in [5.41, 5.74) is 0.748. The van der Waals surface area contributed by atoms with E-state index in [2.05, 4.69) is 15.0 Å². The highest BCUT2D eigenvalue weighted by atomic mass is 32.1. The molecule has 0 bridgehead atoms. The molecule has 112 valence electrons. The van der Waals surface area contributed by atoms with E-state index in [9.17, 15) is 4.79 Å². The van der Waals surface area contributed by atoms with Crippen molar-refractivity contribution in [1.29, 1.82) is 0 Å². The fourth-order valence-electron chi connectivity index (χ4n) is 2.30. The van der Waals surface area contributed by atoms with Crippen molar-refractivity contribution in [3.63, 3.8) is 0 Å². The number of anilines is 1. The molecule has 0 saturated heterocycles. The molecular weight excluding hydrogens is 276 g/mol. The maximum atomic E-state index is 11.1. The van der Waals surface area contributed by atoms with Gasteiger partial charge in [0.15, 0.2) is 5.13 Å². The summed E-state index contributed by atoms with van der Waals surface area (Å²) in [4.78, 5) is 15.5. The lowest BCUT2D eigenvalue weighted by atomic mass is 9.98. The zero-order valence-electron chi connectivity index (χ0n) is 11.9. The summed E-state index contributed by atoms with van der Waals surface area (Å²) < 4.78 is 10.4. The van der Waals surface area contributed by atoms with Gasteiger partial charge in [-0.25, -0.2) is 4.98 Å². The minimum atomic E-state index is -0.262. The van der Waals surface area contributed by atoms with Crippen LogP contribution < -0.4 is 5.32 Å². The molecule has 0 unspecified atom stereocenters. The van der Waals surface area contributed by atoms with Crippen LogP contribution in [0.15, 0.2) is 5.38 Å². The predicted octanol–water partition coefficient (Wildman–Crippen LogP) is 2.62. The molecule has 0 atom stereocenters. The average molecular weight is 298 g/mol. The molecule has 1 aromatic heterocycles. The van der Waals surface area contributed by atoms with Crippen LogP contribution in [0.1, 0.15) is 37.8 Å². The Balaban J connectivity index is 1.62. The van der Waals surface area contributed by atoms with Crippen molar-refractivity contribution >= 4 is 22.4 Å². The van der Waals surface area contributed by atoms with Crippen LogP contribution in [-0.4, -0.2) is 37.3 Å². The molecule has 0 radical (unpaired) electrons. The molecule has 5 nitrogen and oxygen atoms in total. The molecule has 6 heteroatoms. The molecule has 1 aromatic rings. The number of thiazole rings is 1. The molecule has 0 spiro atoms. The van der Waals surface area contributed by atoms with Gasteiger partial charge in [0.25, 0.3) is 0 Å². The summed E-state index contributed by atoms with van der Waals surface area (Å²) in [6, 6.07) is 0. The average Bonchev–Trinajstić information content (AvgIpc) is 2.92. The summed E-state index contributed by atoms with van der Waals surface area (Å²) in [5.74, 6) is -0.262. The maximum Gasteiger partial charge on any atom is 0.311 e. The van der Waals surface area contributed by atoms with E-state index in [-0.39, 0.29) is 12.4 Å². The third-order valence-corrected chi connectivity index (χ3v) is 4.24. The van der Waals surface area contributed by atoms with Crippen molar-refractivity contribution in [2.24, 2.45) is 0 Å². The fourth-order valence-corrected chi connectivity index (χ4v) is 3.04. The third-order valence-electron chi connectivity index (χ3n) is 3.39. The van der Waals surface area contributed by atoms with Gasteiger partial charge in [-0.2, -0.15) is 0 Å². The van der Waals surface area contributed by atoms with Crippen molar-refractivity contribution in [2.45, 2.75) is 44.6 Å². The Morgan fingerprint density at radius 3 is 3.00 bits per heavy atom. The van der Waals surface area contributed by atoms with E-state index in [4.69, 9.17) is 4.74 Å². The summed E-state index contributed by atoms with van der Waals surface area (Å²) in [6.07, 6.45) is 6.99. The number of carbonyl (C=O) groups excluding carboxylic acids is 1. The van der Waals surface area contributed by atoms with E-state index in [1.54, 1.807) is 0 Å². The molecule has 0 amide bonds. The number of methoxy groups -OCH3 is 1. The van der Waals surface area contributed by atoms with Gasteiger partial charge < -0.3 is 14.8 Å². The molecule has 1 N–H and O–H groups in total. The number of hydrogen-bond acceptors (Lipinski definition) is 6. The lowest BCUT2D eigenvalue weighted by Gasteiger charge is -2.21. The molecule has 1 aliphatic carbocycles. The minimum Gasteiger partial charge on any atom is -0.469 e. The van der Waals surface area contributed by atoms with Crippen molar-refractivity contribution in [2.75, 3.05) is 25.6 Å². The van der Waals surface area contributed by atoms with E-state index in [1.807, 2.05) is 5.38 Å². The van der Waals surface area contributed by atoms with Crippen LogP contribution >= 0.6 is 11.3 Å². The van der Waals surface area contributed by atoms with E-state index in [1.165, 1.54) is 50.6 Å². The Labute approximate surface area is 123 Å². The first-order valence-electron chi connectivity index (χ1n) is 7.14. The summed E-state index contributed by atoms with van der Waals surface area (Å²) in [7, 11) is 1.39. The predicted molar refractivity (Wildman–Crippen MR) is 79.1 cm³/mol. The maximum absolute atomic E-state index is 11.1. The van der Waals surface area contributed by atoms with E-state index < -0.39 is 0 Å². The second-order valence-corrected chi connectivity index (χ2v) is 5.81. The van der Waals surface area contributed by atoms with Gasteiger partial charge in [0.2, 0.25) is 0 Å². The van der Waals surface area contributed by atoms with Gasteiger partial charge in [-0.3, -0.25) is 4.79 Å². The second kappa shape index (κ2) is 8.21. The van der Waals surface area contributed by atoms with Crippen molar-refractivity contribution in [1.82, 2.24) is 4.98 Å². The van der Waals surface area contributed by atoms with E-state index in [0.717, 1.165) is 17.4 Å². The first kappa shape index (κ1) is 15.3. The standard InChI is InChI=1S/C14H22N2O3S/c1-18-13(17)9-11-10-20-14(16-11)15-7-8-19-12-5-3-2-4-6-12/h10,12H,2-9H2,1H3,(H,15,16). The topological polar surface area (TPSA) is 60.5 Å². The Kier molecular flexibility index (Phi) is 6.26. The largest absolute Gasteiger partial charge is 0.469 e. The number of carbonyl (C=O) groups is 1. The molecule has 2 rings (SSSR count). The van der Waals surface area contributed by atoms with Crippen molar-refractivity contribution < 1.29 is 14.3 Å². The third kappa shape index (κ3) is 5.09. The molecule has 0 aromatic carbocycles. The normalized spacial score (nSPS) is 16.1. The molecule has 1 aliphatic rings. The Morgan fingerprint density at radius 1 is 1.45 bits per heavy atom. The van der Waals surface area contributed by atoms with Crippen LogP contribution in [0.3, 0.4) is 0 Å². The number of aromatic nitrogens is 1. The molecule has 1 saturated carbocycles. The highest BCUT2D eigenvalue weighted by Gasteiger charge is 2.13. The Bertz CT molecular complexity index is 416. The lowest BCUT2D eigenvalue weighted by molar-refractivity contribution is -0.139. The van der Waals surface area contributed by atoms with Crippen LogP contribution in [-0.2, 0) is 20.7 Å². The number of esters is 1. The Hall–Kier alpha value is -1.14. The highest BCUT2D eigenvalue weighted by Crippen LogP contribution is 2.20. The van der Waals surface area contributed by atoms with Crippen molar-refractivity contribution in [3.05, 3.63) is 11.1 Å². The first-order valence-corrected chi connectivity index (χ1v) is 8.02. The van der Waals surface area contributed by atoms with Gasteiger partial charge in [-0.15, -0.1) is 11.3 Å². The van der Waals surface area contributed by atoms with Gasteiger partial charge in [0.05, 0.1) is 31.9 Å². The van der Waals surface area contributed by atoms with Crippen LogP contribution in [0.4, 0.5) is 5.13 Å². The summed E-state index contributed by atoms with van der Waals surface area (Å²) in [6.45, 7) is 1.46. The molecule has 1 fully saturated rings. The van der Waals surface area contributed by atoms with Gasteiger partial charge in [-0.05, 0) is 12.8 Å². The van der Waals surface area contributed by atoms with Crippen LogP contribution in [0.2, 0.25) is 0 Å². The smallest absolute Gasteiger partial charge is 0.311 e. The lowest BCUT2D eigenvalue weighted by Crippen LogP contribution is -2.20. The van der Waals surface area contributed by atoms with Gasteiger partial charge in [0.1, 0.15) is 0 Å². The second-order valence-electron chi connectivity index (χ2n) is 4.95. The zero-order valence-corrected chi connectivity index (χ0v) is 12.7. The van der Waals surface area contributed by atoms with E-state index in [0.29, 0.717) is 12.7 Å². The van der Waals surface area contributed by atoms with Crippen molar-refractivity contribution in [3.8, 4) is 0 Å². The summed E-state index contributed by atoms with van der Waals surface area (Å²) >= 11 is 1.50. The number of ether oxygens (including phenoxy) is 2. The minimum absolute atomic E-state index is 0.229. The molecule has 1 heterocycles. The quantitative estimate of drug-likeness (QED) is 0.619. The van der Waals surface area contributed by atoms with Gasteiger partial charge in [0, 0.05) is 11.9 Å². The van der Waals surface area contributed by atoms with Gasteiger partial charge in [-0.1, -0.05) is 19.3 Å². The van der Waals surface area contributed by atoms with E-state index >= 15 is 0 Å². The summed E-state index contributed by atoms with van der Waals surface area (Å²) in [5, 5.41) is 5.93.